The van der Waals surface area contributed by atoms with Crippen LogP contribution in [0.3, 0.4) is 0 Å². The van der Waals surface area contributed by atoms with Crippen molar-refractivity contribution in [3.63, 3.8) is 0 Å². The summed E-state index contributed by atoms with van der Waals surface area (Å²) in [5.41, 5.74) is 2.92. The first-order valence-electron chi connectivity index (χ1n) is 8.04. The van der Waals surface area contributed by atoms with Gasteiger partial charge in [-0.15, -0.1) is 0 Å². The molecular formula is C17H21N3O. The van der Waals surface area contributed by atoms with Crippen LogP contribution in [0.15, 0.2) is 28.8 Å². The Balaban J connectivity index is 1.51. The van der Waals surface area contributed by atoms with Gasteiger partial charge in [0.25, 0.3) is 0 Å². The lowest BCUT2D eigenvalue weighted by molar-refractivity contribution is 0.294. The van der Waals surface area contributed by atoms with Gasteiger partial charge in [0.15, 0.2) is 5.82 Å². The third-order valence-electron chi connectivity index (χ3n) is 4.78. The maximum Gasteiger partial charge on any atom is 0.243 e. The first-order valence-corrected chi connectivity index (χ1v) is 8.04. The Labute approximate surface area is 124 Å². The van der Waals surface area contributed by atoms with E-state index in [1.54, 1.807) is 0 Å². The molecule has 1 N–H and O–H groups in total. The minimum Gasteiger partial charge on any atom is -0.338 e. The molecule has 0 saturated carbocycles. The number of rotatable bonds is 2. The Morgan fingerprint density at radius 3 is 2.86 bits per heavy atom. The van der Waals surface area contributed by atoms with E-state index in [0.717, 1.165) is 43.9 Å². The Morgan fingerprint density at radius 1 is 1.10 bits per heavy atom. The van der Waals surface area contributed by atoms with Crippen molar-refractivity contribution >= 4 is 0 Å². The second-order valence-corrected chi connectivity index (χ2v) is 6.20. The minimum atomic E-state index is 0.260. The maximum absolute atomic E-state index is 5.52. The van der Waals surface area contributed by atoms with E-state index in [9.17, 15) is 0 Å². The molecule has 1 aliphatic heterocycles. The van der Waals surface area contributed by atoms with Gasteiger partial charge < -0.3 is 9.84 Å². The minimum absolute atomic E-state index is 0.260. The first-order chi connectivity index (χ1) is 10.4. The zero-order chi connectivity index (χ0) is 14.1. The van der Waals surface area contributed by atoms with Gasteiger partial charge in [-0.1, -0.05) is 35.8 Å². The van der Waals surface area contributed by atoms with Gasteiger partial charge in [0, 0.05) is 5.92 Å². The summed E-state index contributed by atoms with van der Waals surface area (Å²) in [6.07, 6.45) is 6.87. The first kappa shape index (κ1) is 13.0. The number of nitrogens with zero attached hydrogens (tertiary/aromatic N) is 2. The van der Waals surface area contributed by atoms with Gasteiger partial charge in [-0.2, -0.15) is 4.98 Å². The van der Waals surface area contributed by atoms with Crippen LogP contribution in [0.1, 0.15) is 60.5 Å². The van der Waals surface area contributed by atoms with Gasteiger partial charge in [0.05, 0.1) is 6.04 Å². The Bertz CT molecular complexity index is 616. The monoisotopic (exact) mass is 283 g/mol. The number of hydrogen-bond donors (Lipinski definition) is 1. The molecule has 2 aliphatic rings. The average Bonchev–Trinajstić information content (AvgIpc) is 3.05. The fraction of sp³-hybridized carbons (Fsp3) is 0.529. The van der Waals surface area contributed by atoms with Crippen molar-refractivity contribution in [2.45, 2.75) is 50.5 Å². The molecule has 2 atom stereocenters. The molecule has 2 aromatic rings. The van der Waals surface area contributed by atoms with Crippen molar-refractivity contribution < 1.29 is 4.52 Å². The molecule has 4 heteroatoms. The predicted octanol–water partition coefficient (Wildman–Crippen LogP) is 3.16. The van der Waals surface area contributed by atoms with Crippen LogP contribution in [-0.4, -0.2) is 16.7 Å². The molecule has 1 fully saturated rings. The summed E-state index contributed by atoms with van der Waals surface area (Å²) in [5, 5.41) is 7.73. The fourth-order valence-electron chi connectivity index (χ4n) is 3.54. The standard InChI is InChI=1S/C17H21N3O/c1-2-6-13-11-14(9-8-12(13)5-1)16-19-17(21-20-16)15-7-3-4-10-18-15/h1-2,5-6,14-15,18H,3-4,7-11H2/t14?,15-/m1/s1. The van der Waals surface area contributed by atoms with Crippen molar-refractivity contribution in [2.75, 3.05) is 6.54 Å². The summed E-state index contributed by atoms with van der Waals surface area (Å²) in [5.74, 6) is 2.08. The van der Waals surface area contributed by atoms with E-state index in [2.05, 4.69) is 34.7 Å². The molecule has 1 aliphatic carbocycles. The zero-order valence-corrected chi connectivity index (χ0v) is 12.2. The van der Waals surface area contributed by atoms with Gasteiger partial charge in [-0.3, -0.25) is 0 Å². The summed E-state index contributed by atoms with van der Waals surface area (Å²) in [6.45, 7) is 1.05. The second-order valence-electron chi connectivity index (χ2n) is 6.20. The average molecular weight is 283 g/mol. The van der Waals surface area contributed by atoms with Crippen LogP contribution in [0.5, 0.6) is 0 Å². The third-order valence-corrected chi connectivity index (χ3v) is 4.78. The molecule has 110 valence electrons. The van der Waals surface area contributed by atoms with Gasteiger partial charge in [0.1, 0.15) is 0 Å². The molecule has 1 aromatic carbocycles. The van der Waals surface area contributed by atoms with Crippen molar-refractivity contribution in [3.8, 4) is 0 Å². The molecule has 0 spiro atoms. The summed E-state index contributed by atoms with van der Waals surface area (Å²) >= 11 is 0. The maximum atomic E-state index is 5.52. The predicted molar refractivity (Wildman–Crippen MR) is 80.1 cm³/mol. The van der Waals surface area contributed by atoms with E-state index in [4.69, 9.17) is 9.51 Å². The van der Waals surface area contributed by atoms with Gasteiger partial charge in [-0.05, 0) is 49.8 Å². The normalized spacial score (nSPS) is 25.5. The van der Waals surface area contributed by atoms with Crippen molar-refractivity contribution in [2.24, 2.45) is 0 Å². The van der Waals surface area contributed by atoms with Crippen LogP contribution in [0.2, 0.25) is 0 Å². The number of nitrogens with one attached hydrogen (secondary N) is 1. The highest BCUT2D eigenvalue weighted by molar-refractivity contribution is 5.31. The molecule has 1 aromatic heterocycles. The third kappa shape index (κ3) is 2.60. The highest BCUT2D eigenvalue weighted by Gasteiger charge is 2.26. The van der Waals surface area contributed by atoms with E-state index < -0.39 is 0 Å². The van der Waals surface area contributed by atoms with E-state index in [1.165, 1.54) is 24.0 Å². The summed E-state index contributed by atoms with van der Waals surface area (Å²) in [6, 6.07) is 8.97. The van der Waals surface area contributed by atoms with E-state index in [-0.39, 0.29) is 6.04 Å². The van der Waals surface area contributed by atoms with Crippen molar-refractivity contribution in [1.29, 1.82) is 0 Å². The molecule has 21 heavy (non-hydrogen) atoms. The largest absolute Gasteiger partial charge is 0.338 e. The summed E-state index contributed by atoms with van der Waals surface area (Å²) < 4.78 is 5.52. The molecule has 0 bridgehead atoms. The van der Waals surface area contributed by atoms with Crippen LogP contribution < -0.4 is 5.32 Å². The zero-order valence-electron chi connectivity index (χ0n) is 12.2. The number of aryl methyl sites for hydroxylation is 1. The van der Waals surface area contributed by atoms with Gasteiger partial charge >= 0.3 is 0 Å². The Morgan fingerprint density at radius 2 is 2.00 bits per heavy atom. The lowest BCUT2D eigenvalue weighted by Crippen LogP contribution is -2.27. The van der Waals surface area contributed by atoms with Crippen molar-refractivity contribution in [3.05, 3.63) is 47.1 Å². The lowest BCUT2D eigenvalue weighted by Gasteiger charge is -2.22. The van der Waals surface area contributed by atoms with Crippen LogP contribution in [0.25, 0.3) is 0 Å². The molecule has 1 unspecified atom stereocenters. The number of fused-ring (bicyclic) bond motifs is 1. The van der Waals surface area contributed by atoms with Crippen LogP contribution in [0.4, 0.5) is 0 Å². The number of benzene rings is 1. The molecule has 4 rings (SSSR count). The van der Waals surface area contributed by atoms with E-state index in [1.807, 2.05) is 0 Å². The molecule has 0 amide bonds. The molecule has 4 nitrogen and oxygen atoms in total. The Hall–Kier alpha value is -1.68. The van der Waals surface area contributed by atoms with Gasteiger partial charge in [0.2, 0.25) is 5.89 Å². The number of hydrogen-bond acceptors (Lipinski definition) is 4. The number of piperidine rings is 1. The lowest BCUT2D eigenvalue weighted by atomic mass is 9.83. The molecule has 0 radical (unpaired) electrons. The molecule has 1 saturated heterocycles. The Kier molecular flexibility index (Phi) is 3.47. The summed E-state index contributed by atoms with van der Waals surface area (Å²) in [4.78, 5) is 4.69. The summed E-state index contributed by atoms with van der Waals surface area (Å²) in [7, 11) is 0. The second kappa shape index (κ2) is 5.60. The molecule has 2 heterocycles. The van der Waals surface area contributed by atoms with Crippen LogP contribution in [0, 0.1) is 0 Å². The highest BCUT2D eigenvalue weighted by Crippen LogP contribution is 2.32. The van der Waals surface area contributed by atoms with E-state index in [0.29, 0.717) is 5.92 Å². The topological polar surface area (TPSA) is 51.0 Å². The smallest absolute Gasteiger partial charge is 0.243 e. The molecular weight excluding hydrogens is 262 g/mol. The quantitative estimate of drug-likeness (QED) is 0.920. The van der Waals surface area contributed by atoms with Gasteiger partial charge in [-0.25, -0.2) is 0 Å². The van der Waals surface area contributed by atoms with E-state index >= 15 is 0 Å². The highest BCUT2D eigenvalue weighted by atomic mass is 16.5. The number of aromatic nitrogens is 2. The van der Waals surface area contributed by atoms with Crippen LogP contribution in [-0.2, 0) is 12.8 Å². The SMILES string of the molecule is c1ccc2c(c1)CCC(c1noc([C@H]3CCCCN3)n1)C2. The fourth-order valence-corrected chi connectivity index (χ4v) is 3.54. The van der Waals surface area contributed by atoms with Crippen molar-refractivity contribution in [1.82, 2.24) is 15.5 Å². The van der Waals surface area contributed by atoms with Crippen LogP contribution >= 0.6 is 0 Å².